The maximum atomic E-state index is 11.1. The molecule has 12 heavy (non-hydrogen) atoms. The monoisotopic (exact) mass is 185 g/mol. The lowest BCUT2D eigenvalue weighted by Gasteiger charge is -2.36. The molecule has 0 unspecified atom stereocenters. The molecule has 0 saturated carbocycles. The van der Waals surface area contributed by atoms with Gasteiger partial charge in [-0.15, -0.1) is 0 Å². The van der Waals surface area contributed by atoms with Crippen LogP contribution in [0, 0.1) is 0 Å². The van der Waals surface area contributed by atoms with E-state index in [4.69, 9.17) is 0 Å². The lowest BCUT2D eigenvalue weighted by atomic mass is 9.92. The largest absolute Gasteiger partial charge is 0.306 e. The number of rotatable bonds is 0. The molecule has 0 bridgehead atoms. The number of carbonyl (C=O) groups is 1. The maximum Gasteiger partial charge on any atom is 0.189 e. The van der Waals surface area contributed by atoms with Crippen molar-refractivity contribution in [3.63, 3.8) is 0 Å². The summed E-state index contributed by atoms with van der Waals surface area (Å²) in [7, 11) is 2.16. The standard InChI is InChI=1S/C9H15NOS/c1-10-6-4-9(5-7-10)3-2-8(11)12-9/h2-7H2,1H3. The van der Waals surface area contributed by atoms with Gasteiger partial charge in [-0.3, -0.25) is 4.79 Å². The first-order chi connectivity index (χ1) is 5.70. The molecule has 68 valence electrons. The summed E-state index contributed by atoms with van der Waals surface area (Å²) in [5.41, 5.74) is 0. The van der Waals surface area contributed by atoms with Crippen LogP contribution in [0.3, 0.4) is 0 Å². The molecule has 0 N–H and O–H groups in total. The molecule has 2 aliphatic heterocycles. The molecular weight excluding hydrogens is 170 g/mol. The van der Waals surface area contributed by atoms with Crippen molar-refractivity contribution in [2.75, 3.05) is 20.1 Å². The van der Waals surface area contributed by atoms with Gasteiger partial charge in [0.05, 0.1) is 0 Å². The highest BCUT2D eigenvalue weighted by molar-refractivity contribution is 8.15. The summed E-state index contributed by atoms with van der Waals surface area (Å²) in [5.74, 6) is 0. The van der Waals surface area contributed by atoms with E-state index in [9.17, 15) is 4.79 Å². The predicted molar refractivity (Wildman–Crippen MR) is 51.3 cm³/mol. The first kappa shape index (κ1) is 8.57. The van der Waals surface area contributed by atoms with Gasteiger partial charge in [0.1, 0.15) is 0 Å². The molecule has 1 spiro atoms. The predicted octanol–water partition coefficient (Wildman–Crippen LogP) is 1.50. The lowest BCUT2D eigenvalue weighted by Crippen LogP contribution is -2.38. The molecule has 0 aromatic heterocycles. The van der Waals surface area contributed by atoms with Crippen LogP contribution in [0.4, 0.5) is 0 Å². The molecule has 2 nitrogen and oxygen atoms in total. The number of carbonyl (C=O) groups excluding carboxylic acids is 1. The Kier molecular flexibility index (Phi) is 2.17. The van der Waals surface area contributed by atoms with Crippen LogP contribution in [0.1, 0.15) is 25.7 Å². The van der Waals surface area contributed by atoms with Crippen LogP contribution in [-0.2, 0) is 4.79 Å². The van der Waals surface area contributed by atoms with Crippen LogP contribution >= 0.6 is 11.8 Å². The van der Waals surface area contributed by atoms with Crippen LogP contribution in [0.2, 0.25) is 0 Å². The van der Waals surface area contributed by atoms with Gasteiger partial charge >= 0.3 is 0 Å². The summed E-state index contributed by atoms with van der Waals surface area (Å²) >= 11 is 1.63. The van der Waals surface area contributed by atoms with Crippen LogP contribution in [-0.4, -0.2) is 34.9 Å². The highest BCUT2D eigenvalue weighted by Gasteiger charge is 2.40. The van der Waals surface area contributed by atoms with Crippen LogP contribution in [0.15, 0.2) is 0 Å². The Labute approximate surface area is 77.7 Å². The zero-order valence-corrected chi connectivity index (χ0v) is 8.32. The number of likely N-dealkylation sites (tertiary alicyclic amines) is 1. The minimum atomic E-state index is 0.351. The maximum absolute atomic E-state index is 11.1. The highest BCUT2D eigenvalue weighted by atomic mass is 32.2. The van der Waals surface area contributed by atoms with Crippen molar-refractivity contribution in [1.29, 1.82) is 0 Å². The lowest BCUT2D eigenvalue weighted by molar-refractivity contribution is -0.110. The summed E-state index contributed by atoms with van der Waals surface area (Å²) in [6, 6.07) is 0. The van der Waals surface area contributed by atoms with Crippen molar-refractivity contribution in [2.45, 2.75) is 30.4 Å². The number of nitrogens with zero attached hydrogens (tertiary/aromatic N) is 1. The average Bonchev–Trinajstić information content (AvgIpc) is 2.40. The Morgan fingerprint density at radius 2 is 2.00 bits per heavy atom. The van der Waals surface area contributed by atoms with Gasteiger partial charge in [-0.1, -0.05) is 11.8 Å². The van der Waals surface area contributed by atoms with Crippen molar-refractivity contribution in [3.8, 4) is 0 Å². The van der Waals surface area contributed by atoms with Gasteiger partial charge < -0.3 is 4.90 Å². The Morgan fingerprint density at radius 3 is 2.50 bits per heavy atom. The van der Waals surface area contributed by atoms with Crippen molar-refractivity contribution in [1.82, 2.24) is 4.90 Å². The summed E-state index contributed by atoms with van der Waals surface area (Å²) in [6.07, 6.45) is 4.36. The molecule has 0 amide bonds. The van der Waals surface area contributed by atoms with E-state index < -0.39 is 0 Å². The molecular formula is C9H15NOS. The third kappa shape index (κ3) is 1.52. The molecule has 0 atom stereocenters. The van der Waals surface area contributed by atoms with Gasteiger partial charge in [0, 0.05) is 11.2 Å². The third-order valence-electron chi connectivity index (χ3n) is 3.01. The zero-order valence-electron chi connectivity index (χ0n) is 7.51. The number of piperidine rings is 1. The van der Waals surface area contributed by atoms with E-state index in [0.29, 0.717) is 9.86 Å². The van der Waals surface area contributed by atoms with E-state index in [0.717, 1.165) is 12.8 Å². The fourth-order valence-corrected chi connectivity index (χ4v) is 3.33. The first-order valence-electron chi connectivity index (χ1n) is 4.61. The molecule has 0 radical (unpaired) electrons. The van der Waals surface area contributed by atoms with Gasteiger partial charge in [-0.2, -0.15) is 0 Å². The quantitative estimate of drug-likeness (QED) is 0.570. The van der Waals surface area contributed by atoms with E-state index in [2.05, 4.69) is 11.9 Å². The number of thioether (sulfide) groups is 1. The second-order valence-electron chi connectivity index (χ2n) is 3.96. The minimum absolute atomic E-state index is 0.351. The topological polar surface area (TPSA) is 20.3 Å². The van der Waals surface area contributed by atoms with Crippen molar-refractivity contribution < 1.29 is 4.79 Å². The van der Waals surface area contributed by atoms with E-state index in [1.807, 2.05) is 0 Å². The molecule has 2 heterocycles. The van der Waals surface area contributed by atoms with E-state index >= 15 is 0 Å². The minimum Gasteiger partial charge on any atom is -0.306 e. The Bertz CT molecular complexity index is 197. The SMILES string of the molecule is CN1CCC2(CCC(=O)S2)CC1. The third-order valence-corrected chi connectivity index (χ3v) is 4.49. The number of hydrogen-bond donors (Lipinski definition) is 0. The molecule has 2 rings (SSSR count). The summed E-state index contributed by atoms with van der Waals surface area (Å²) in [5, 5.41) is 0.416. The van der Waals surface area contributed by atoms with E-state index in [-0.39, 0.29) is 0 Å². The molecule has 2 fully saturated rings. The van der Waals surface area contributed by atoms with Crippen molar-refractivity contribution >= 4 is 16.9 Å². The first-order valence-corrected chi connectivity index (χ1v) is 5.42. The Hall–Kier alpha value is -0.0200. The van der Waals surface area contributed by atoms with Crippen molar-refractivity contribution in [3.05, 3.63) is 0 Å². The molecule has 2 aliphatic rings. The zero-order chi connectivity index (χ0) is 8.60. The fraction of sp³-hybridized carbons (Fsp3) is 0.889. The Morgan fingerprint density at radius 1 is 1.33 bits per heavy atom. The second kappa shape index (κ2) is 3.04. The normalized spacial score (nSPS) is 29.9. The molecule has 0 aromatic rings. The van der Waals surface area contributed by atoms with Crippen LogP contribution in [0.25, 0.3) is 0 Å². The average molecular weight is 185 g/mol. The van der Waals surface area contributed by atoms with Gasteiger partial charge in [-0.05, 0) is 39.4 Å². The van der Waals surface area contributed by atoms with E-state index in [1.54, 1.807) is 11.8 Å². The van der Waals surface area contributed by atoms with Gasteiger partial charge in [0.2, 0.25) is 0 Å². The Balaban J connectivity index is 1.99. The van der Waals surface area contributed by atoms with Crippen LogP contribution < -0.4 is 0 Å². The summed E-state index contributed by atoms with van der Waals surface area (Å²) in [6.45, 7) is 2.33. The van der Waals surface area contributed by atoms with Gasteiger partial charge in [-0.25, -0.2) is 0 Å². The smallest absolute Gasteiger partial charge is 0.189 e. The highest BCUT2D eigenvalue weighted by Crippen LogP contribution is 2.46. The summed E-state index contributed by atoms with van der Waals surface area (Å²) < 4.78 is 0.351. The molecule has 3 heteroatoms. The number of hydrogen-bond acceptors (Lipinski definition) is 3. The summed E-state index contributed by atoms with van der Waals surface area (Å²) in [4.78, 5) is 13.5. The van der Waals surface area contributed by atoms with Crippen LogP contribution in [0.5, 0.6) is 0 Å². The van der Waals surface area contributed by atoms with Gasteiger partial charge in [0.15, 0.2) is 5.12 Å². The van der Waals surface area contributed by atoms with E-state index in [1.165, 1.54) is 25.9 Å². The fourth-order valence-electron chi connectivity index (χ4n) is 2.05. The molecule has 0 aliphatic carbocycles. The van der Waals surface area contributed by atoms with Crippen molar-refractivity contribution in [2.24, 2.45) is 0 Å². The second-order valence-corrected chi connectivity index (χ2v) is 5.49. The van der Waals surface area contributed by atoms with Gasteiger partial charge in [0.25, 0.3) is 0 Å². The molecule has 2 saturated heterocycles. The molecule has 0 aromatic carbocycles.